The molecular weight excluding hydrogens is 436 g/mol. The van der Waals surface area contributed by atoms with Gasteiger partial charge >= 0.3 is 5.97 Å². The third-order valence-electron chi connectivity index (χ3n) is 2.93. The van der Waals surface area contributed by atoms with Crippen LogP contribution >= 0.6 is 45.8 Å². The Hall–Kier alpha value is -1.37. The number of benzene rings is 2. The third-order valence-corrected chi connectivity index (χ3v) is 4.17. The summed E-state index contributed by atoms with van der Waals surface area (Å²) < 4.78 is 6.20. The van der Waals surface area contributed by atoms with Crippen LogP contribution in [-0.4, -0.2) is 11.9 Å². The van der Waals surface area contributed by atoms with E-state index in [-0.39, 0.29) is 11.6 Å². The van der Waals surface area contributed by atoms with Crippen molar-refractivity contribution in [3.8, 4) is 0 Å². The normalized spacial score (nSPS) is 15.9. The van der Waals surface area contributed by atoms with E-state index < -0.39 is 5.97 Å². The first-order chi connectivity index (χ1) is 10.5. The number of carbonyl (C=O) groups excluding carboxylic acids is 1. The van der Waals surface area contributed by atoms with E-state index >= 15 is 0 Å². The van der Waals surface area contributed by atoms with Gasteiger partial charge in [0.1, 0.15) is 0 Å². The summed E-state index contributed by atoms with van der Waals surface area (Å²) in [7, 11) is 0. The van der Waals surface area contributed by atoms with E-state index in [2.05, 4.69) is 27.6 Å². The number of rotatable bonds is 2. The van der Waals surface area contributed by atoms with Gasteiger partial charge in [0, 0.05) is 8.59 Å². The SMILES string of the molecule is O=C1OC(c2cc(I)ccc2Cl)=N/C1=C/c1cccc(Cl)c1. The number of nitrogens with zero attached hydrogens (tertiary/aromatic N) is 1. The van der Waals surface area contributed by atoms with Gasteiger partial charge in [0.2, 0.25) is 5.90 Å². The molecule has 0 radical (unpaired) electrons. The number of esters is 1. The second-order valence-electron chi connectivity index (χ2n) is 4.52. The smallest absolute Gasteiger partial charge is 0.363 e. The summed E-state index contributed by atoms with van der Waals surface area (Å²) in [5.41, 5.74) is 1.58. The van der Waals surface area contributed by atoms with Crippen LogP contribution in [0.1, 0.15) is 11.1 Å². The fourth-order valence-electron chi connectivity index (χ4n) is 1.94. The molecule has 0 saturated heterocycles. The molecule has 3 nitrogen and oxygen atoms in total. The van der Waals surface area contributed by atoms with Crippen LogP contribution in [0.25, 0.3) is 6.08 Å². The highest BCUT2D eigenvalue weighted by Gasteiger charge is 2.25. The first-order valence-electron chi connectivity index (χ1n) is 6.26. The van der Waals surface area contributed by atoms with Crippen LogP contribution in [0.3, 0.4) is 0 Å². The number of cyclic esters (lactones) is 1. The number of carbonyl (C=O) groups is 1. The van der Waals surface area contributed by atoms with Crippen LogP contribution in [0.4, 0.5) is 0 Å². The predicted octanol–water partition coefficient (Wildman–Crippen LogP) is 4.94. The van der Waals surface area contributed by atoms with Gasteiger partial charge in [0.15, 0.2) is 5.70 Å². The Balaban J connectivity index is 2.00. The van der Waals surface area contributed by atoms with Crippen molar-refractivity contribution in [3.63, 3.8) is 0 Å². The second-order valence-corrected chi connectivity index (χ2v) is 6.60. The molecule has 1 heterocycles. The van der Waals surface area contributed by atoms with E-state index in [9.17, 15) is 4.79 Å². The van der Waals surface area contributed by atoms with Crippen molar-refractivity contribution in [2.75, 3.05) is 0 Å². The molecule has 0 aromatic heterocycles. The Morgan fingerprint density at radius 3 is 2.73 bits per heavy atom. The molecule has 2 aromatic carbocycles. The van der Waals surface area contributed by atoms with Gasteiger partial charge in [-0.25, -0.2) is 9.79 Å². The Morgan fingerprint density at radius 1 is 1.14 bits per heavy atom. The van der Waals surface area contributed by atoms with Crippen LogP contribution in [0.2, 0.25) is 10.0 Å². The second kappa shape index (κ2) is 6.40. The van der Waals surface area contributed by atoms with E-state index in [1.165, 1.54) is 0 Å². The Kier molecular flexibility index (Phi) is 4.52. The molecule has 0 saturated carbocycles. The van der Waals surface area contributed by atoms with E-state index in [1.807, 2.05) is 18.2 Å². The molecule has 0 fully saturated rings. The lowest BCUT2D eigenvalue weighted by molar-refractivity contribution is -0.129. The van der Waals surface area contributed by atoms with E-state index in [0.717, 1.165) is 9.13 Å². The minimum absolute atomic E-state index is 0.210. The van der Waals surface area contributed by atoms with Crippen LogP contribution in [0.15, 0.2) is 53.2 Å². The van der Waals surface area contributed by atoms with Crippen LogP contribution in [-0.2, 0) is 9.53 Å². The minimum atomic E-state index is -0.509. The zero-order valence-electron chi connectivity index (χ0n) is 11.0. The van der Waals surface area contributed by atoms with E-state index in [4.69, 9.17) is 27.9 Å². The summed E-state index contributed by atoms with van der Waals surface area (Å²) in [5.74, 6) is -0.299. The fourth-order valence-corrected chi connectivity index (χ4v) is 2.83. The van der Waals surface area contributed by atoms with Gasteiger partial charge in [0.25, 0.3) is 0 Å². The topological polar surface area (TPSA) is 38.7 Å². The summed E-state index contributed by atoms with van der Waals surface area (Å²) >= 11 is 14.2. The first kappa shape index (κ1) is 15.5. The maximum Gasteiger partial charge on any atom is 0.363 e. The van der Waals surface area contributed by atoms with Gasteiger partial charge in [0.05, 0.1) is 10.6 Å². The summed E-state index contributed by atoms with van der Waals surface area (Å²) in [6.07, 6.45) is 1.63. The molecule has 0 N–H and O–H groups in total. The molecule has 1 aliphatic rings. The highest BCUT2D eigenvalue weighted by atomic mass is 127. The van der Waals surface area contributed by atoms with Crippen molar-refractivity contribution in [1.29, 1.82) is 0 Å². The molecular formula is C16H8Cl2INO2. The van der Waals surface area contributed by atoms with Gasteiger partial charge in [-0.15, -0.1) is 0 Å². The van der Waals surface area contributed by atoms with Crippen LogP contribution < -0.4 is 0 Å². The average molecular weight is 444 g/mol. The van der Waals surface area contributed by atoms with E-state index in [1.54, 1.807) is 30.3 Å². The van der Waals surface area contributed by atoms with Gasteiger partial charge in [-0.1, -0.05) is 35.3 Å². The molecule has 1 aliphatic heterocycles. The number of hydrogen-bond donors (Lipinski definition) is 0. The number of hydrogen-bond acceptors (Lipinski definition) is 3. The fraction of sp³-hybridized carbons (Fsp3) is 0. The highest BCUT2D eigenvalue weighted by molar-refractivity contribution is 14.1. The van der Waals surface area contributed by atoms with Crippen LogP contribution in [0.5, 0.6) is 0 Å². The largest absolute Gasteiger partial charge is 0.402 e. The van der Waals surface area contributed by atoms with Gasteiger partial charge < -0.3 is 4.74 Å². The number of ether oxygens (including phenoxy) is 1. The maximum absolute atomic E-state index is 12.0. The molecule has 0 amide bonds. The summed E-state index contributed by atoms with van der Waals surface area (Å²) in [4.78, 5) is 16.2. The first-order valence-corrected chi connectivity index (χ1v) is 8.10. The molecule has 3 rings (SSSR count). The predicted molar refractivity (Wildman–Crippen MR) is 96.2 cm³/mol. The Labute approximate surface area is 150 Å². The van der Waals surface area contributed by atoms with Crippen molar-refractivity contribution >= 4 is 63.7 Å². The molecule has 0 spiro atoms. The summed E-state index contributed by atoms with van der Waals surface area (Å²) in [5, 5.41) is 1.07. The lowest BCUT2D eigenvalue weighted by Gasteiger charge is -2.02. The van der Waals surface area contributed by atoms with Crippen molar-refractivity contribution in [1.82, 2.24) is 0 Å². The van der Waals surface area contributed by atoms with Gasteiger partial charge in [-0.3, -0.25) is 0 Å². The maximum atomic E-state index is 12.0. The zero-order valence-corrected chi connectivity index (χ0v) is 14.7. The summed E-state index contributed by atoms with van der Waals surface area (Å²) in [6, 6.07) is 12.6. The van der Waals surface area contributed by atoms with Crippen LogP contribution in [0, 0.1) is 3.57 Å². The molecule has 110 valence electrons. The molecule has 22 heavy (non-hydrogen) atoms. The molecule has 2 aromatic rings. The Morgan fingerprint density at radius 2 is 1.95 bits per heavy atom. The zero-order chi connectivity index (χ0) is 15.7. The van der Waals surface area contributed by atoms with E-state index in [0.29, 0.717) is 15.6 Å². The minimum Gasteiger partial charge on any atom is -0.402 e. The number of halogens is 3. The molecule has 0 aliphatic carbocycles. The van der Waals surface area contributed by atoms with Crippen molar-refractivity contribution in [2.24, 2.45) is 4.99 Å². The lowest BCUT2D eigenvalue weighted by Crippen LogP contribution is -2.06. The molecule has 6 heteroatoms. The molecule has 0 unspecified atom stereocenters. The standard InChI is InChI=1S/C16H8Cl2INO2/c17-10-3-1-2-9(6-10)7-14-16(21)22-15(20-14)12-8-11(19)4-5-13(12)18/h1-8H/b14-7+. The summed E-state index contributed by atoms with van der Waals surface area (Å²) in [6.45, 7) is 0. The third kappa shape index (κ3) is 3.34. The molecule has 0 bridgehead atoms. The monoisotopic (exact) mass is 443 g/mol. The molecule has 0 atom stereocenters. The van der Waals surface area contributed by atoms with Gasteiger partial charge in [-0.05, 0) is 64.6 Å². The Bertz CT molecular complexity index is 831. The van der Waals surface area contributed by atoms with Gasteiger partial charge in [-0.2, -0.15) is 0 Å². The lowest BCUT2D eigenvalue weighted by atomic mass is 10.2. The highest BCUT2D eigenvalue weighted by Crippen LogP contribution is 2.25. The average Bonchev–Trinajstić information content (AvgIpc) is 2.83. The number of aliphatic imine (C=N–C) groups is 1. The van der Waals surface area contributed by atoms with Crippen molar-refractivity contribution in [3.05, 3.63) is 72.9 Å². The van der Waals surface area contributed by atoms with Crippen molar-refractivity contribution in [2.45, 2.75) is 0 Å². The quantitative estimate of drug-likeness (QED) is 0.374. The van der Waals surface area contributed by atoms with Crippen molar-refractivity contribution < 1.29 is 9.53 Å².